The smallest absolute Gasteiger partial charge is 0.387 e. The van der Waals surface area contributed by atoms with Crippen molar-refractivity contribution in [3.63, 3.8) is 0 Å². The molecule has 3 nitrogen and oxygen atoms in total. The van der Waals surface area contributed by atoms with Gasteiger partial charge in [-0.05, 0) is 31.4 Å². The summed E-state index contributed by atoms with van der Waals surface area (Å²) in [5, 5.41) is 0. The SMILES string of the molecule is CC(C)C[C@@H](C)OC(=O)c1c(F)ccc(OC(F)F)c1F. The number of benzene rings is 1. The van der Waals surface area contributed by atoms with Gasteiger partial charge in [-0.1, -0.05) is 13.8 Å². The van der Waals surface area contributed by atoms with Crippen molar-refractivity contribution in [1.82, 2.24) is 0 Å². The van der Waals surface area contributed by atoms with E-state index < -0.39 is 41.6 Å². The van der Waals surface area contributed by atoms with E-state index in [1.54, 1.807) is 6.92 Å². The van der Waals surface area contributed by atoms with Crippen molar-refractivity contribution in [2.75, 3.05) is 0 Å². The Balaban J connectivity index is 2.97. The van der Waals surface area contributed by atoms with Crippen LogP contribution in [0.1, 0.15) is 37.6 Å². The molecular formula is C14H16F4O3. The standard InChI is InChI=1S/C14H16F4O3/c1-7(2)6-8(3)20-13(19)11-9(15)4-5-10(12(11)16)21-14(17)18/h4-5,7-8,14H,6H2,1-3H3/t8-/m1/s1. The first-order valence-corrected chi connectivity index (χ1v) is 6.36. The fourth-order valence-corrected chi connectivity index (χ4v) is 1.86. The Kier molecular flexibility index (Phi) is 5.99. The lowest BCUT2D eigenvalue weighted by Crippen LogP contribution is -2.19. The molecule has 1 atom stereocenters. The molecule has 1 aromatic rings. The first-order valence-electron chi connectivity index (χ1n) is 6.36. The quantitative estimate of drug-likeness (QED) is 0.585. The molecule has 0 aliphatic rings. The summed E-state index contributed by atoms with van der Waals surface area (Å²) in [4.78, 5) is 11.8. The number of alkyl halides is 2. The molecule has 21 heavy (non-hydrogen) atoms. The van der Waals surface area contributed by atoms with Crippen LogP contribution in [0, 0.1) is 17.6 Å². The van der Waals surface area contributed by atoms with E-state index in [-0.39, 0.29) is 5.92 Å². The van der Waals surface area contributed by atoms with E-state index in [9.17, 15) is 22.4 Å². The van der Waals surface area contributed by atoms with Crippen molar-refractivity contribution in [1.29, 1.82) is 0 Å². The number of halogens is 4. The molecule has 0 heterocycles. The first kappa shape index (κ1) is 17.3. The zero-order valence-electron chi connectivity index (χ0n) is 11.8. The highest BCUT2D eigenvalue weighted by molar-refractivity contribution is 5.90. The highest BCUT2D eigenvalue weighted by atomic mass is 19.3. The number of rotatable bonds is 6. The second-order valence-corrected chi connectivity index (χ2v) is 4.96. The van der Waals surface area contributed by atoms with Gasteiger partial charge in [-0.3, -0.25) is 0 Å². The molecule has 0 aliphatic carbocycles. The Morgan fingerprint density at radius 1 is 1.19 bits per heavy atom. The highest BCUT2D eigenvalue weighted by Gasteiger charge is 2.25. The Morgan fingerprint density at radius 2 is 1.81 bits per heavy atom. The van der Waals surface area contributed by atoms with E-state index in [1.807, 2.05) is 13.8 Å². The Hall–Kier alpha value is -1.79. The van der Waals surface area contributed by atoms with Crippen LogP contribution in [0.25, 0.3) is 0 Å². The number of carbonyl (C=O) groups excluding carboxylic acids is 1. The summed E-state index contributed by atoms with van der Waals surface area (Å²) in [5.74, 6) is -4.64. The third kappa shape index (κ3) is 4.91. The van der Waals surface area contributed by atoms with Crippen molar-refractivity contribution in [2.45, 2.75) is 39.9 Å². The third-order valence-corrected chi connectivity index (χ3v) is 2.59. The zero-order chi connectivity index (χ0) is 16.2. The molecule has 0 saturated carbocycles. The number of hydrogen-bond acceptors (Lipinski definition) is 3. The Morgan fingerprint density at radius 3 is 2.33 bits per heavy atom. The molecule has 0 radical (unpaired) electrons. The molecule has 0 N–H and O–H groups in total. The second-order valence-electron chi connectivity index (χ2n) is 4.96. The second kappa shape index (κ2) is 7.28. The molecule has 0 fully saturated rings. The van der Waals surface area contributed by atoms with Gasteiger partial charge in [-0.15, -0.1) is 0 Å². The Labute approximate surface area is 119 Å². The van der Waals surface area contributed by atoms with Crippen LogP contribution in [0.2, 0.25) is 0 Å². The van der Waals surface area contributed by atoms with E-state index in [1.165, 1.54) is 0 Å². The molecule has 0 saturated heterocycles. The van der Waals surface area contributed by atoms with E-state index >= 15 is 0 Å². The van der Waals surface area contributed by atoms with Crippen LogP contribution in [0.5, 0.6) is 5.75 Å². The van der Waals surface area contributed by atoms with E-state index in [0.29, 0.717) is 18.6 Å². The van der Waals surface area contributed by atoms with Gasteiger partial charge in [0.2, 0.25) is 0 Å². The predicted octanol–water partition coefficient (Wildman–Crippen LogP) is 4.16. The summed E-state index contributed by atoms with van der Waals surface area (Å²) in [5.41, 5.74) is -1.04. The van der Waals surface area contributed by atoms with E-state index in [2.05, 4.69) is 4.74 Å². The minimum atomic E-state index is -3.28. The molecule has 1 aromatic carbocycles. The van der Waals surface area contributed by atoms with Crippen LogP contribution in [0.15, 0.2) is 12.1 Å². The minimum Gasteiger partial charge on any atom is -0.459 e. The van der Waals surface area contributed by atoms with Crippen LogP contribution in [0.4, 0.5) is 17.6 Å². The molecule has 0 spiro atoms. The normalized spacial score (nSPS) is 12.6. The zero-order valence-corrected chi connectivity index (χ0v) is 11.8. The van der Waals surface area contributed by atoms with Crippen LogP contribution in [-0.4, -0.2) is 18.7 Å². The van der Waals surface area contributed by atoms with Gasteiger partial charge < -0.3 is 9.47 Å². The monoisotopic (exact) mass is 308 g/mol. The number of carbonyl (C=O) groups is 1. The van der Waals surface area contributed by atoms with Crippen molar-refractivity contribution < 1.29 is 31.8 Å². The summed E-state index contributed by atoms with van der Waals surface area (Å²) in [6.45, 7) is 2.08. The number of hydrogen-bond donors (Lipinski definition) is 0. The molecular weight excluding hydrogens is 292 g/mol. The topological polar surface area (TPSA) is 35.5 Å². The number of ether oxygens (including phenoxy) is 2. The van der Waals surface area contributed by atoms with Crippen molar-refractivity contribution in [3.8, 4) is 5.75 Å². The van der Waals surface area contributed by atoms with Crippen molar-refractivity contribution >= 4 is 5.97 Å². The lowest BCUT2D eigenvalue weighted by molar-refractivity contribution is -0.0524. The number of esters is 1. The van der Waals surface area contributed by atoms with Crippen molar-refractivity contribution in [3.05, 3.63) is 29.3 Å². The van der Waals surface area contributed by atoms with Gasteiger partial charge in [0, 0.05) is 0 Å². The fraction of sp³-hybridized carbons (Fsp3) is 0.500. The molecule has 118 valence electrons. The van der Waals surface area contributed by atoms with Crippen LogP contribution in [0.3, 0.4) is 0 Å². The van der Waals surface area contributed by atoms with Gasteiger partial charge >= 0.3 is 12.6 Å². The molecule has 0 aliphatic heterocycles. The summed E-state index contributed by atoms with van der Waals surface area (Å²) in [6, 6.07) is 1.36. The first-order chi connectivity index (χ1) is 9.72. The lowest BCUT2D eigenvalue weighted by Gasteiger charge is -2.16. The van der Waals surface area contributed by atoms with Gasteiger partial charge in [0.05, 0.1) is 6.10 Å². The summed E-state index contributed by atoms with van der Waals surface area (Å²) in [7, 11) is 0. The summed E-state index contributed by atoms with van der Waals surface area (Å²) >= 11 is 0. The Bertz CT molecular complexity index is 503. The molecule has 0 aromatic heterocycles. The van der Waals surface area contributed by atoms with Crippen LogP contribution >= 0.6 is 0 Å². The van der Waals surface area contributed by atoms with Crippen LogP contribution < -0.4 is 4.74 Å². The minimum absolute atomic E-state index is 0.219. The largest absolute Gasteiger partial charge is 0.459 e. The maximum atomic E-state index is 13.9. The van der Waals surface area contributed by atoms with Gasteiger partial charge in [-0.2, -0.15) is 8.78 Å². The van der Waals surface area contributed by atoms with Crippen molar-refractivity contribution in [2.24, 2.45) is 5.92 Å². The molecule has 0 unspecified atom stereocenters. The summed E-state index contributed by atoms with van der Waals surface area (Å²) in [6.07, 6.45) is -0.0571. The molecule has 0 amide bonds. The van der Waals surface area contributed by atoms with Gasteiger partial charge in [0.25, 0.3) is 0 Å². The lowest BCUT2D eigenvalue weighted by atomic mass is 10.1. The maximum absolute atomic E-state index is 13.9. The van der Waals surface area contributed by atoms with Gasteiger partial charge in [0.1, 0.15) is 11.4 Å². The highest BCUT2D eigenvalue weighted by Crippen LogP contribution is 2.26. The third-order valence-electron chi connectivity index (χ3n) is 2.59. The predicted molar refractivity (Wildman–Crippen MR) is 67.3 cm³/mol. The average Bonchev–Trinajstić information content (AvgIpc) is 2.31. The molecule has 7 heteroatoms. The van der Waals surface area contributed by atoms with Gasteiger partial charge in [-0.25, -0.2) is 13.6 Å². The molecule has 1 rings (SSSR count). The van der Waals surface area contributed by atoms with Gasteiger partial charge in [0.15, 0.2) is 11.6 Å². The average molecular weight is 308 g/mol. The van der Waals surface area contributed by atoms with E-state index in [0.717, 1.165) is 0 Å². The fourth-order valence-electron chi connectivity index (χ4n) is 1.86. The van der Waals surface area contributed by atoms with Crippen LogP contribution in [-0.2, 0) is 4.74 Å². The van der Waals surface area contributed by atoms with E-state index in [4.69, 9.17) is 4.74 Å². The molecule has 0 bridgehead atoms. The maximum Gasteiger partial charge on any atom is 0.387 e. The summed E-state index contributed by atoms with van der Waals surface area (Å²) < 4.78 is 60.4.